The summed E-state index contributed by atoms with van der Waals surface area (Å²) in [5, 5.41) is 0. The lowest BCUT2D eigenvalue weighted by molar-refractivity contribution is -0.134. The van der Waals surface area contributed by atoms with Gasteiger partial charge in [-0.15, -0.1) is 0 Å². The number of carbonyl (C=O) groups is 1. The van der Waals surface area contributed by atoms with E-state index in [0.717, 1.165) is 31.0 Å². The third-order valence-corrected chi connectivity index (χ3v) is 7.08. The molecule has 1 aliphatic heterocycles. The second-order valence-corrected chi connectivity index (χ2v) is 9.16. The van der Waals surface area contributed by atoms with E-state index in [-0.39, 0.29) is 23.8 Å². The van der Waals surface area contributed by atoms with Crippen LogP contribution in [0.1, 0.15) is 44.1 Å². The second kappa shape index (κ2) is 7.87. The first-order valence-electron chi connectivity index (χ1n) is 9.30. The average Bonchev–Trinajstić information content (AvgIpc) is 2.61. The Morgan fingerprint density at radius 3 is 2.52 bits per heavy atom. The van der Waals surface area contributed by atoms with Crippen LogP contribution < -0.4 is 4.72 Å². The summed E-state index contributed by atoms with van der Waals surface area (Å²) < 4.78 is 27.1. The number of sulfonamides is 1. The zero-order chi connectivity index (χ0) is 17.9. The molecule has 1 saturated heterocycles. The van der Waals surface area contributed by atoms with Crippen molar-refractivity contribution < 1.29 is 13.2 Å². The maximum Gasteiger partial charge on any atom is 0.240 e. The zero-order valence-electron chi connectivity index (χ0n) is 14.9. The van der Waals surface area contributed by atoms with Crippen LogP contribution in [0.15, 0.2) is 29.2 Å². The Hall–Kier alpha value is -1.40. The fraction of sp³-hybridized carbons (Fsp3) is 0.632. The third kappa shape index (κ3) is 4.61. The smallest absolute Gasteiger partial charge is 0.240 e. The van der Waals surface area contributed by atoms with E-state index in [1.165, 1.54) is 25.7 Å². The van der Waals surface area contributed by atoms with Crippen molar-refractivity contribution in [3.05, 3.63) is 29.8 Å². The summed E-state index contributed by atoms with van der Waals surface area (Å²) in [6.45, 7) is 3.75. The fourth-order valence-electron chi connectivity index (χ4n) is 4.08. The summed E-state index contributed by atoms with van der Waals surface area (Å²) in [5.41, 5.74) is 1.01. The molecule has 6 heteroatoms. The number of aryl methyl sites for hydroxylation is 1. The van der Waals surface area contributed by atoms with E-state index in [4.69, 9.17) is 0 Å². The number of nitrogens with one attached hydrogen (secondary N) is 1. The summed E-state index contributed by atoms with van der Waals surface area (Å²) in [5.74, 6) is 1.50. The van der Waals surface area contributed by atoms with Gasteiger partial charge in [0.1, 0.15) is 0 Å². The molecule has 1 amide bonds. The number of hydrogen-bond acceptors (Lipinski definition) is 3. The molecule has 1 N–H and O–H groups in total. The number of nitrogens with zero attached hydrogens (tertiary/aromatic N) is 1. The minimum Gasteiger partial charge on any atom is -0.342 e. The van der Waals surface area contributed by atoms with E-state index in [9.17, 15) is 13.2 Å². The van der Waals surface area contributed by atoms with Crippen LogP contribution in [-0.4, -0.2) is 38.9 Å². The van der Waals surface area contributed by atoms with Crippen LogP contribution in [0.5, 0.6) is 0 Å². The van der Waals surface area contributed by atoms with E-state index in [1.807, 2.05) is 11.8 Å². The van der Waals surface area contributed by atoms with Gasteiger partial charge in [-0.05, 0) is 43.7 Å². The Bertz CT molecular complexity index is 700. The van der Waals surface area contributed by atoms with Crippen molar-refractivity contribution >= 4 is 15.9 Å². The minimum absolute atomic E-state index is 0.0654. The normalized spacial score (nSPS) is 24.0. The molecular weight excluding hydrogens is 336 g/mol. The van der Waals surface area contributed by atoms with Gasteiger partial charge in [0.05, 0.1) is 4.90 Å². The van der Waals surface area contributed by atoms with Gasteiger partial charge >= 0.3 is 0 Å². The van der Waals surface area contributed by atoms with E-state index in [2.05, 4.69) is 4.72 Å². The lowest BCUT2D eigenvalue weighted by atomic mass is 9.75. The van der Waals surface area contributed by atoms with Crippen molar-refractivity contribution in [2.45, 2.75) is 50.3 Å². The molecule has 2 atom stereocenters. The topological polar surface area (TPSA) is 66.5 Å². The SMILES string of the molecule is Cc1ccc(S(=O)(=O)NCCC(=O)N2CC[C@@H]3CCCC[C@H]3C2)cc1. The van der Waals surface area contributed by atoms with E-state index < -0.39 is 10.0 Å². The van der Waals surface area contributed by atoms with Crippen molar-refractivity contribution in [3.63, 3.8) is 0 Å². The molecule has 138 valence electrons. The van der Waals surface area contributed by atoms with Crippen LogP contribution in [0, 0.1) is 18.8 Å². The highest BCUT2D eigenvalue weighted by molar-refractivity contribution is 7.89. The van der Waals surface area contributed by atoms with Gasteiger partial charge in [-0.1, -0.05) is 37.0 Å². The number of rotatable bonds is 5. The van der Waals surface area contributed by atoms with E-state index >= 15 is 0 Å². The molecule has 0 radical (unpaired) electrons. The van der Waals surface area contributed by atoms with Crippen LogP contribution in [0.2, 0.25) is 0 Å². The quantitative estimate of drug-likeness (QED) is 0.873. The van der Waals surface area contributed by atoms with Gasteiger partial charge in [-0.3, -0.25) is 4.79 Å². The van der Waals surface area contributed by atoms with E-state index in [0.29, 0.717) is 5.92 Å². The Kier molecular flexibility index (Phi) is 5.79. The van der Waals surface area contributed by atoms with Crippen LogP contribution in [0.4, 0.5) is 0 Å². The summed E-state index contributed by atoms with van der Waals surface area (Å²) in [7, 11) is -3.54. The van der Waals surface area contributed by atoms with Crippen molar-refractivity contribution in [1.82, 2.24) is 9.62 Å². The Morgan fingerprint density at radius 2 is 1.80 bits per heavy atom. The van der Waals surface area contributed by atoms with Crippen molar-refractivity contribution in [3.8, 4) is 0 Å². The molecule has 0 aromatic heterocycles. The number of amides is 1. The number of carbonyl (C=O) groups excluding carboxylic acids is 1. The molecule has 2 aliphatic rings. The first kappa shape index (κ1) is 18.4. The van der Waals surface area contributed by atoms with Crippen molar-refractivity contribution in [1.29, 1.82) is 0 Å². The van der Waals surface area contributed by atoms with Crippen LogP contribution in [0.3, 0.4) is 0 Å². The highest BCUT2D eigenvalue weighted by Crippen LogP contribution is 2.36. The van der Waals surface area contributed by atoms with Gasteiger partial charge in [-0.2, -0.15) is 0 Å². The first-order chi connectivity index (χ1) is 12.0. The first-order valence-corrected chi connectivity index (χ1v) is 10.8. The molecule has 25 heavy (non-hydrogen) atoms. The molecule has 1 aromatic rings. The number of piperidine rings is 1. The number of hydrogen-bond donors (Lipinski definition) is 1. The van der Waals surface area contributed by atoms with Crippen molar-refractivity contribution in [2.24, 2.45) is 11.8 Å². The fourth-order valence-corrected chi connectivity index (χ4v) is 5.11. The highest BCUT2D eigenvalue weighted by atomic mass is 32.2. The molecule has 1 aromatic carbocycles. The van der Waals surface area contributed by atoms with Crippen LogP contribution in [0.25, 0.3) is 0 Å². The summed E-state index contributed by atoms with van der Waals surface area (Å²) >= 11 is 0. The lowest BCUT2D eigenvalue weighted by Crippen LogP contribution is -2.45. The molecule has 0 unspecified atom stereocenters. The third-order valence-electron chi connectivity index (χ3n) is 5.61. The summed E-state index contributed by atoms with van der Waals surface area (Å²) in [6, 6.07) is 6.72. The van der Waals surface area contributed by atoms with Gasteiger partial charge in [-0.25, -0.2) is 13.1 Å². The molecule has 3 rings (SSSR count). The second-order valence-electron chi connectivity index (χ2n) is 7.39. The molecule has 2 fully saturated rings. The minimum atomic E-state index is -3.54. The molecule has 5 nitrogen and oxygen atoms in total. The zero-order valence-corrected chi connectivity index (χ0v) is 15.7. The summed E-state index contributed by atoms with van der Waals surface area (Å²) in [6.07, 6.45) is 6.47. The van der Waals surface area contributed by atoms with Gasteiger partial charge in [0.15, 0.2) is 0 Å². The standard InChI is InChI=1S/C19H28N2O3S/c1-15-6-8-18(9-7-15)25(23,24)20-12-10-19(22)21-13-11-16-4-2-3-5-17(16)14-21/h6-9,16-17,20H,2-5,10-14H2,1H3/t16-,17-/m0/s1. The van der Waals surface area contributed by atoms with Crippen LogP contribution in [-0.2, 0) is 14.8 Å². The van der Waals surface area contributed by atoms with Crippen molar-refractivity contribution in [2.75, 3.05) is 19.6 Å². The number of likely N-dealkylation sites (tertiary alicyclic amines) is 1. The predicted molar refractivity (Wildman–Crippen MR) is 97.6 cm³/mol. The number of benzene rings is 1. The van der Waals surface area contributed by atoms with Crippen LogP contribution >= 0.6 is 0 Å². The van der Waals surface area contributed by atoms with Gasteiger partial charge in [0, 0.05) is 26.1 Å². The Morgan fingerprint density at radius 1 is 1.12 bits per heavy atom. The highest BCUT2D eigenvalue weighted by Gasteiger charge is 2.32. The molecule has 0 bridgehead atoms. The maximum atomic E-state index is 12.4. The van der Waals surface area contributed by atoms with Gasteiger partial charge in [0.2, 0.25) is 15.9 Å². The molecule has 1 saturated carbocycles. The molecule has 1 heterocycles. The molecule has 0 spiro atoms. The Labute approximate surface area is 150 Å². The average molecular weight is 365 g/mol. The predicted octanol–water partition coefficient (Wildman–Crippen LogP) is 2.70. The maximum absolute atomic E-state index is 12.4. The monoisotopic (exact) mass is 364 g/mol. The lowest BCUT2D eigenvalue weighted by Gasteiger charge is -2.41. The van der Waals surface area contributed by atoms with Gasteiger partial charge in [0.25, 0.3) is 0 Å². The van der Waals surface area contributed by atoms with E-state index in [1.54, 1.807) is 24.3 Å². The molecule has 1 aliphatic carbocycles. The van der Waals surface area contributed by atoms with Gasteiger partial charge < -0.3 is 4.90 Å². The Balaban J connectivity index is 1.48. The number of fused-ring (bicyclic) bond motifs is 1. The largest absolute Gasteiger partial charge is 0.342 e. The molecular formula is C19H28N2O3S. The summed E-state index contributed by atoms with van der Waals surface area (Å²) in [4.78, 5) is 14.6.